The minimum absolute atomic E-state index is 0.0648. The van der Waals surface area contributed by atoms with Crippen LogP contribution in [0, 0.1) is 0 Å². The molecule has 0 unspecified atom stereocenters. The van der Waals surface area contributed by atoms with Crippen LogP contribution in [0.15, 0.2) is 0 Å². The molecule has 0 aromatic carbocycles. The molecule has 0 aliphatic rings. The summed E-state index contributed by atoms with van der Waals surface area (Å²) in [6.07, 6.45) is 38.4. The topological polar surface area (TPSA) is 78.9 Å². The molecule has 0 N–H and O–H groups in total. The van der Waals surface area contributed by atoms with Crippen LogP contribution in [0.1, 0.15) is 239 Å². The zero-order valence-corrected chi connectivity index (χ0v) is 33.0. The Labute approximate surface area is 304 Å². The number of carbonyl (C=O) groups excluding carboxylic acids is 3. The maximum atomic E-state index is 12.5. The van der Waals surface area contributed by atoms with Crippen LogP contribution in [0.4, 0.5) is 0 Å². The number of rotatable bonds is 39. The fraction of sp³-hybridized carbons (Fsp3) is 0.930. The Morgan fingerprint density at radius 1 is 0.327 bits per heavy atom. The molecule has 0 aromatic rings. The van der Waals surface area contributed by atoms with Gasteiger partial charge in [-0.05, 0) is 19.3 Å². The Morgan fingerprint density at radius 3 is 0.816 bits per heavy atom. The molecule has 1 atom stereocenters. The molecule has 6 heteroatoms. The minimum atomic E-state index is -0.755. The second kappa shape index (κ2) is 39.2. The summed E-state index contributed by atoms with van der Waals surface area (Å²) in [6, 6.07) is 0. The number of esters is 3. The van der Waals surface area contributed by atoms with Gasteiger partial charge in [0.05, 0.1) is 0 Å². The molecule has 0 saturated carbocycles. The standard InChI is InChI=1S/C43H82O6/c1-4-7-10-13-15-17-18-19-20-21-22-23-24-26-28-31-33-36-42(45)48-39-40(49-43(46)37-34-29-12-9-6-3)38-47-41(44)35-32-30-27-25-16-14-11-8-5-2/h40H,4-39H2,1-3H3/t40-/m0/s1. The lowest BCUT2D eigenvalue weighted by Crippen LogP contribution is -2.30. The third kappa shape index (κ3) is 37.5. The first-order chi connectivity index (χ1) is 24.0. The molecule has 0 bridgehead atoms. The smallest absolute Gasteiger partial charge is 0.306 e. The average molecular weight is 695 g/mol. The largest absolute Gasteiger partial charge is 0.462 e. The fourth-order valence-electron chi connectivity index (χ4n) is 6.32. The summed E-state index contributed by atoms with van der Waals surface area (Å²) in [5.74, 6) is -0.873. The van der Waals surface area contributed by atoms with Gasteiger partial charge in [-0.25, -0.2) is 0 Å². The zero-order chi connectivity index (χ0) is 35.9. The van der Waals surface area contributed by atoms with Gasteiger partial charge in [-0.3, -0.25) is 14.4 Å². The molecule has 49 heavy (non-hydrogen) atoms. The van der Waals surface area contributed by atoms with E-state index in [-0.39, 0.29) is 31.1 Å². The highest BCUT2D eigenvalue weighted by Gasteiger charge is 2.19. The van der Waals surface area contributed by atoms with E-state index in [2.05, 4.69) is 20.8 Å². The lowest BCUT2D eigenvalue weighted by atomic mass is 10.0. The Bertz CT molecular complexity index is 723. The van der Waals surface area contributed by atoms with Crippen molar-refractivity contribution < 1.29 is 28.6 Å². The van der Waals surface area contributed by atoms with Crippen molar-refractivity contribution in [1.82, 2.24) is 0 Å². The molecule has 0 aromatic heterocycles. The number of ether oxygens (including phenoxy) is 3. The highest BCUT2D eigenvalue weighted by molar-refractivity contribution is 5.71. The van der Waals surface area contributed by atoms with Gasteiger partial charge in [0.25, 0.3) is 0 Å². The number of unbranched alkanes of at least 4 members (excludes halogenated alkanes) is 28. The Morgan fingerprint density at radius 2 is 0.551 bits per heavy atom. The fourth-order valence-corrected chi connectivity index (χ4v) is 6.32. The van der Waals surface area contributed by atoms with Crippen LogP contribution in [-0.2, 0) is 28.6 Å². The van der Waals surface area contributed by atoms with Crippen LogP contribution in [0.2, 0.25) is 0 Å². The van der Waals surface area contributed by atoms with Gasteiger partial charge in [0.1, 0.15) is 13.2 Å². The summed E-state index contributed by atoms with van der Waals surface area (Å²) in [6.45, 7) is 6.54. The molecule has 0 saturated heterocycles. The highest BCUT2D eigenvalue weighted by atomic mass is 16.6. The summed E-state index contributed by atoms with van der Waals surface area (Å²) in [7, 11) is 0. The Balaban J connectivity index is 4.09. The van der Waals surface area contributed by atoms with E-state index in [1.54, 1.807) is 0 Å². The summed E-state index contributed by atoms with van der Waals surface area (Å²) in [4.78, 5) is 37.3. The van der Waals surface area contributed by atoms with E-state index in [0.29, 0.717) is 19.3 Å². The average Bonchev–Trinajstić information content (AvgIpc) is 3.09. The molecular weight excluding hydrogens is 612 g/mol. The van der Waals surface area contributed by atoms with E-state index in [4.69, 9.17) is 14.2 Å². The van der Waals surface area contributed by atoms with Gasteiger partial charge >= 0.3 is 17.9 Å². The summed E-state index contributed by atoms with van der Waals surface area (Å²) in [5, 5.41) is 0. The predicted octanol–water partition coefficient (Wildman–Crippen LogP) is 13.3. The molecular formula is C43H82O6. The van der Waals surface area contributed by atoms with Gasteiger partial charge in [-0.1, -0.05) is 201 Å². The predicted molar refractivity (Wildman–Crippen MR) is 206 cm³/mol. The first-order valence-corrected chi connectivity index (χ1v) is 21.5. The van der Waals surface area contributed by atoms with Crippen LogP contribution < -0.4 is 0 Å². The second-order valence-electron chi connectivity index (χ2n) is 14.6. The summed E-state index contributed by atoms with van der Waals surface area (Å²) >= 11 is 0. The van der Waals surface area contributed by atoms with E-state index in [0.717, 1.165) is 64.2 Å². The third-order valence-electron chi connectivity index (χ3n) is 9.61. The maximum absolute atomic E-state index is 12.5. The summed E-state index contributed by atoms with van der Waals surface area (Å²) < 4.78 is 16.5. The molecule has 0 aliphatic heterocycles. The quantitative estimate of drug-likeness (QED) is 0.0362. The SMILES string of the molecule is CCCCCCCCCCCCCCCCCCCC(=O)OC[C@H](COC(=O)CCCCCCCCCCC)OC(=O)CCCCCCC. The highest BCUT2D eigenvalue weighted by Crippen LogP contribution is 2.15. The number of hydrogen-bond acceptors (Lipinski definition) is 6. The van der Waals surface area contributed by atoms with E-state index in [9.17, 15) is 14.4 Å². The van der Waals surface area contributed by atoms with Crippen LogP contribution in [-0.4, -0.2) is 37.2 Å². The van der Waals surface area contributed by atoms with Crippen molar-refractivity contribution in [3.63, 3.8) is 0 Å². The van der Waals surface area contributed by atoms with Crippen molar-refractivity contribution in [3.8, 4) is 0 Å². The van der Waals surface area contributed by atoms with Crippen LogP contribution in [0.25, 0.3) is 0 Å². The van der Waals surface area contributed by atoms with Gasteiger partial charge in [0, 0.05) is 19.3 Å². The molecule has 0 spiro atoms. The van der Waals surface area contributed by atoms with Gasteiger partial charge in [0.2, 0.25) is 0 Å². The number of hydrogen-bond donors (Lipinski definition) is 0. The molecule has 0 heterocycles. The molecule has 290 valence electrons. The molecule has 6 nitrogen and oxygen atoms in total. The molecule has 0 radical (unpaired) electrons. The zero-order valence-electron chi connectivity index (χ0n) is 33.0. The van der Waals surface area contributed by atoms with Gasteiger partial charge in [-0.15, -0.1) is 0 Å². The lowest BCUT2D eigenvalue weighted by Gasteiger charge is -2.18. The second-order valence-corrected chi connectivity index (χ2v) is 14.6. The molecule has 0 rings (SSSR count). The number of carbonyl (C=O) groups is 3. The lowest BCUT2D eigenvalue weighted by molar-refractivity contribution is -0.167. The van der Waals surface area contributed by atoms with E-state index < -0.39 is 6.10 Å². The van der Waals surface area contributed by atoms with Crippen molar-refractivity contribution in [1.29, 1.82) is 0 Å². The van der Waals surface area contributed by atoms with E-state index >= 15 is 0 Å². The Hall–Kier alpha value is -1.59. The van der Waals surface area contributed by atoms with Crippen molar-refractivity contribution >= 4 is 17.9 Å². The van der Waals surface area contributed by atoms with Gasteiger partial charge in [-0.2, -0.15) is 0 Å². The van der Waals surface area contributed by atoms with Crippen molar-refractivity contribution in [2.45, 2.75) is 245 Å². The van der Waals surface area contributed by atoms with Crippen molar-refractivity contribution in [3.05, 3.63) is 0 Å². The monoisotopic (exact) mass is 695 g/mol. The van der Waals surface area contributed by atoms with Crippen LogP contribution in [0.3, 0.4) is 0 Å². The van der Waals surface area contributed by atoms with Crippen LogP contribution >= 0.6 is 0 Å². The molecule has 0 amide bonds. The van der Waals surface area contributed by atoms with E-state index in [1.807, 2.05) is 0 Å². The van der Waals surface area contributed by atoms with Crippen molar-refractivity contribution in [2.75, 3.05) is 13.2 Å². The third-order valence-corrected chi connectivity index (χ3v) is 9.61. The van der Waals surface area contributed by atoms with Gasteiger partial charge < -0.3 is 14.2 Å². The van der Waals surface area contributed by atoms with Gasteiger partial charge in [0.15, 0.2) is 6.10 Å². The molecule has 0 fully saturated rings. The molecule has 0 aliphatic carbocycles. The minimum Gasteiger partial charge on any atom is -0.462 e. The normalized spacial score (nSPS) is 11.8. The first kappa shape index (κ1) is 47.4. The maximum Gasteiger partial charge on any atom is 0.306 e. The summed E-state index contributed by atoms with van der Waals surface area (Å²) in [5.41, 5.74) is 0. The Kier molecular flexibility index (Phi) is 37.9. The van der Waals surface area contributed by atoms with E-state index in [1.165, 1.54) is 135 Å². The van der Waals surface area contributed by atoms with Crippen LogP contribution in [0.5, 0.6) is 0 Å². The first-order valence-electron chi connectivity index (χ1n) is 21.5. The van der Waals surface area contributed by atoms with Crippen molar-refractivity contribution in [2.24, 2.45) is 0 Å².